The monoisotopic (exact) mass is 1210 g/mol. The minimum absolute atomic E-state index is 0.0159. The molecule has 0 N–H and O–H groups in total. The molecule has 4 heterocycles. The zero-order valence-corrected chi connectivity index (χ0v) is 56.6. The van der Waals surface area contributed by atoms with E-state index in [1.807, 2.05) is 11.3 Å². The Morgan fingerprint density at radius 3 is 1.51 bits per heavy atom. The number of hydrogen-bond acceptors (Lipinski definition) is 4. The quantitative estimate of drug-likeness (QED) is 0.141. The van der Waals surface area contributed by atoms with E-state index in [1.54, 1.807) is 0 Å². The van der Waals surface area contributed by atoms with E-state index in [4.69, 9.17) is 0 Å². The lowest BCUT2D eigenvalue weighted by Crippen LogP contribution is -2.61. The van der Waals surface area contributed by atoms with E-state index in [2.05, 4.69) is 353 Å². The summed E-state index contributed by atoms with van der Waals surface area (Å²) in [6.45, 7) is 32.6. The zero-order valence-electron chi connectivity index (χ0n) is 55.8. The first-order valence-corrected chi connectivity index (χ1v) is 33.7. The van der Waals surface area contributed by atoms with Gasteiger partial charge < -0.3 is 19.3 Å². The summed E-state index contributed by atoms with van der Waals surface area (Å²) in [4.78, 5) is 9.07. The molecule has 0 saturated heterocycles. The second-order valence-electron chi connectivity index (χ2n) is 30.0. The molecule has 0 bridgehead atoms. The molecule has 0 unspecified atom stereocenters. The number of hydrogen-bond donors (Lipinski definition) is 0. The Hall–Kier alpha value is -9.36. The number of benzene rings is 11. The highest BCUT2D eigenvalue weighted by Crippen LogP contribution is 2.52. The number of rotatable bonds is 8. The molecule has 0 aliphatic carbocycles. The second-order valence-corrected chi connectivity index (χ2v) is 31.0. The molecule has 0 radical (unpaired) electrons. The summed E-state index contributed by atoms with van der Waals surface area (Å²) in [5.74, 6) is 0. The van der Waals surface area contributed by atoms with Crippen molar-refractivity contribution in [1.29, 1.82) is 0 Å². The van der Waals surface area contributed by atoms with E-state index in [0.29, 0.717) is 0 Å². The van der Waals surface area contributed by atoms with Crippen LogP contribution in [0.2, 0.25) is 0 Å². The summed E-state index contributed by atoms with van der Waals surface area (Å²) in [6.07, 6.45) is 0. The zero-order chi connectivity index (χ0) is 63.9. The van der Waals surface area contributed by atoms with Crippen molar-refractivity contribution in [2.75, 3.05) is 14.7 Å². The molecule has 4 nitrogen and oxygen atoms in total. The summed E-state index contributed by atoms with van der Waals surface area (Å²) < 4.78 is 3.74. The molecule has 2 aliphatic heterocycles. The summed E-state index contributed by atoms with van der Waals surface area (Å²) >= 11 is 1.91. The van der Waals surface area contributed by atoms with Gasteiger partial charge in [-0.05, 0) is 200 Å². The summed E-state index contributed by atoms with van der Waals surface area (Å²) in [5.41, 5.74) is 29.0. The van der Waals surface area contributed by atoms with Gasteiger partial charge in [0, 0.05) is 88.2 Å². The van der Waals surface area contributed by atoms with Gasteiger partial charge in [0.1, 0.15) is 0 Å². The van der Waals surface area contributed by atoms with Gasteiger partial charge in [-0.2, -0.15) is 0 Å². The maximum Gasteiger partial charge on any atom is 0.252 e. The van der Waals surface area contributed by atoms with Crippen LogP contribution in [0.15, 0.2) is 237 Å². The highest BCUT2D eigenvalue weighted by molar-refractivity contribution is 7.23. The van der Waals surface area contributed by atoms with Gasteiger partial charge in [0.15, 0.2) is 0 Å². The fraction of sp³-hybridized carbons (Fsp3) is 0.209. The van der Waals surface area contributed by atoms with E-state index < -0.39 is 0 Å². The Labute approximate surface area is 549 Å². The van der Waals surface area contributed by atoms with E-state index >= 15 is 0 Å². The van der Waals surface area contributed by atoms with Crippen LogP contribution in [0.3, 0.4) is 0 Å². The number of anilines is 9. The Morgan fingerprint density at radius 2 is 0.870 bits per heavy atom. The maximum atomic E-state index is 2.63. The van der Waals surface area contributed by atoms with Crippen molar-refractivity contribution < 1.29 is 0 Å². The molecule has 0 amide bonds. The van der Waals surface area contributed by atoms with Crippen LogP contribution >= 0.6 is 11.3 Å². The molecule has 0 spiro atoms. The number of para-hydroxylation sites is 2. The predicted molar refractivity (Wildman–Crippen MR) is 400 cm³/mol. The van der Waals surface area contributed by atoms with Gasteiger partial charge in [-0.3, -0.25) is 0 Å². The van der Waals surface area contributed by atoms with Crippen molar-refractivity contribution in [2.24, 2.45) is 0 Å². The molecule has 15 rings (SSSR count). The predicted octanol–water partition coefficient (Wildman–Crippen LogP) is 22.7. The largest absolute Gasteiger partial charge is 0.311 e. The normalized spacial score (nSPS) is 13.3. The third-order valence-electron chi connectivity index (χ3n) is 19.6. The molecule has 11 aromatic carbocycles. The molecular formula is C86H81BN4S. The molecule has 0 fully saturated rings. The number of aromatic nitrogens is 1. The van der Waals surface area contributed by atoms with E-state index in [1.165, 1.54) is 126 Å². The van der Waals surface area contributed by atoms with Gasteiger partial charge in [-0.25, -0.2) is 0 Å². The van der Waals surface area contributed by atoms with Crippen molar-refractivity contribution in [3.05, 3.63) is 270 Å². The van der Waals surface area contributed by atoms with Crippen LogP contribution in [0.25, 0.3) is 59.1 Å². The van der Waals surface area contributed by atoms with Crippen LogP contribution in [0.5, 0.6) is 0 Å². The molecule has 0 saturated carbocycles. The van der Waals surface area contributed by atoms with Gasteiger partial charge in [-0.1, -0.05) is 217 Å². The molecule has 6 heteroatoms. The van der Waals surface area contributed by atoms with Crippen molar-refractivity contribution in [2.45, 2.75) is 119 Å². The average Bonchev–Trinajstić information content (AvgIpc) is 0.906. The lowest BCUT2D eigenvalue weighted by molar-refractivity contribution is 0.590. The van der Waals surface area contributed by atoms with Gasteiger partial charge in [0.2, 0.25) is 0 Å². The lowest BCUT2D eigenvalue weighted by atomic mass is 9.33. The fourth-order valence-corrected chi connectivity index (χ4v) is 16.1. The first-order chi connectivity index (χ1) is 44.0. The second kappa shape index (κ2) is 21.6. The minimum atomic E-state index is -0.200. The molecule has 2 aliphatic rings. The Bertz CT molecular complexity index is 5020. The average molecular weight is 1210 g/mol. The SMILES string of the molecule is Cc1cc(N2c3ccc(C(C)(C)C)cc3B3c4ccc(N(c5ccc(C(C)(C)C)cc5)c5ccc6c7ccccc7n(-c7ccccc7)c6c5)cc4N(c4ccc(C(C)(C)C)cc4)c4cc(C(C)(C)C)cc2c43)cc(C)c1-c1sc2ccccc2c1-c1ccccc1. The molecule has 2 aromatic heterocycles. The van der Waals surface area contributed by atoms with Crippen molar-refractivity contribution in [3.63, 3.8) is 0 Å². The Kier molecular flexibility index (Phi) is 13.9. The third kappa shape index (κ3) is 9.87. The van der Waals surface area contributed by atoms with E-state index in [-0.39, 0.29) is 28.4 Å². The van der Waals surface area contributed by atoms with Gasteiger partial charge >= 0.3 is 0 Å². The topological polar surface area (TPSA) is 14.7 Å². The summed E-state index contributed by atoms with van der Waals surface area (Å²) in [7, 11) is 0. The van der Waals surface area contributed by atoms with Crippen molar-refractivity contribution >= 4 is 118 Å². The van der Waals surface area contributed by atoms with Crippen molar-refractivity contribution in [1.82, 2.24) is 4.57 Å². The van der Waals surface area contributed by atoms with E-state index in [0.717, 1.165) is 34.0 Å². The first-order valence-electron chi connectivity index (χ1n) is 32.8. The molecule has 454 valence electrons. The fourth-order valence-electron chi connectivity index (χ4n) is 14.7. The summed E-state index contributed by atoms with van der Waals surface area (Å²) in [5, 5.41) is 3.76. The highest BCUT2D eigenvalue weighted by atomic mass is 32.1. The van der Waals surface area contributed by atoms with E-state index in [9.17, 15) is 0 Å². The third-order valence-corrected chi connectivity index (χ3v) is 20.8. The van der Waals surface area contributed by atoms with Crippen LogP contribution < -0.4 is 31.1 Å². The first kappa shape index (κ1) is 59.0. The van der Waals surface area contributed by atoms with Crippen LogP contribution in [0.1, 0.15) is 116 Å². The molecule has 13 aromatic rings. The van der Waals surface area contributed by atoms with Crippen molar-refractivity contribution in [3.8, 4) is 27.3 Å². The highest BCUT2D eigenvalue weighted by Gasteiger charge is 2.45. The summed E-state index contributed by atoms with van der Waals surface area (Å²) in [6, 6.07) is 90.3. The Morgan fingerprint density at radius 1 is 0.348 bits per heavy atom. The lowest BCUT2D eigenvalue weighted by Gasteiger charge is -2.46. The Balaban J connectivity index is 0.989. The number of aryl methyl sites for hydroxylation is 2. The van der Waals surface area contributed by atoms with Gasteiger partial charge in [0.25, 0.3) is 6.71 Å². The minimum Gasteiger partial charge on any atom is -0.311 e. The van der Waals surface area contributed by atoms with Crippen LogP contribution in [-0.4, -0.2) is 11.3 Å². The maximum absolute atomic E-state index is 2.63. The van der Waals surface area contributed by atoms with Crippen LogP contribution in [0.4, 0.5) is 51.2 Å². The molecule has 92 heavy (non-hydrogen) atoms. The number of nitrogens with zero attached hydrogens (tertiary/aromatic N) is 4. The smallest absolute Gasteiger partial charge is 0.252 e. The standard InChI is InChI=1S/C86H81BN4S/c1-54-47-66(48-55(2)79(54)82-80(56-25-17-15-18-26-56)69-30-22-24-32-78(69)92-82)91-73-46-37-59(85(9,10)11)49-71(73)87-70-45-43-65(53-75(70)90(63-40-35-58(36-41-63)84(6,7)8)76-50-60(86(12,13)14)51-77(91)81(76)87)88(62-38-33-57(34-39-62)83(3,4)5)64-42-44-68-67-29-21-23-31-72(67)89(74(68)52-64)61-27-19-16-20-28-61/h15-53H,1-14H3. The van der Waals surface area contributed by atoms with Gasteiger partial charge in [-0.15, -0.1) is 11.3 Å². The van der Waals surface area contributed by atoms with Crippen LogP contribution in [0, 0.1) is 13.8 Å². The van der Waals surface area contributed by atoms with Crippen LogP contribution in [-0.2, 0) is 21.7 Å². The number of fused-ring (bicyclic) bond motifs is 8. The molecule has 0 atom stereocenters. The van der Waals surface area contributed by atoms with Gasteiger partial charge in [0.05, 0.1) is 11.0 Å². The molecular weight excluding hydrogens is 1130 g/mol. The number of thiophene rings is 1.